The number of aliphatic hydroxyl groups is 6. The monoisotopic (exact) mass is 434 g/mol. The number of rotatable bonds is 3. The fourth-order valence-corrected chi connectivity index (χ4v) is 4.44. The molecule has 1 heterocycles. The molecule has 31 heavy (non-hydrogen) atoms. The smallest absolute Gasteiger partial charge is 0.201 e. The predicted octanol–water partition coefficient (Wildman–Crippen LogP) is -1.79. The summed E-state index contributed by atoms with van der Waals surface area (Å²) in [5.74, 6) is -1.88. The highest BCUT2D eigenvalue weighted by molar-refractivity contribution is 6.16. The lowest BCUT2D eigenvalue weighted by atomic mass is 9.68. The fourth-order valence-electron chi connectivity index (χ4n) is 4.44. The van der Waals surface area contributed by atoms with Crippen molar-refractivity contribution in [2.24, 2.45) is 0 Å². The molecule has 1 fully saturated rings. The molecule has 1 aliphatic heterocycles. The van der Waals surface area contributed by atoms with Gasteiger partial charge in [0.05, 0.1) is 24.3 Å². The number of phenols is 2. The molecule has 4 rings (SSSR count). The van der Waals surface area contributed by atoms with Gasteiger partial charge in [-0.25, -0.2) is 0 Å². The van der Waals surface area contributed by atoms with Gasteiger partial charge in [-0.15, -0.1) is 0 Å². The molecular formula is C21H22O10. The van der Waals surface area contributed by atoms with Gasteiger partial charge in [-0.2, -0.15) is 0 Å². The third-order valence-corrected chi connectivity index (χ3v) is 5.98. The van der Waals surface area contributed by atoms with E-state index in [4.69, 9.17) is 4.74 Å². The summed E-state index contributed by atoms with van der Waals surface area (Å²) in [5, 5.41) is 83.0. The van der Waals surface area contributed by atoms with E-state index >= 15 is 0 Å². The second kappa shape index (κ2) is 7.53. The second-order valence-electron chi connectivity index (χ2n) is 7.74. The number of carbonyl (C=O) groups is 1. The van der Waals surface area contributed by atoms with Crippen molar-refractivity contribution in [1.82, 2.24) is 0 Å². The summed E-state index contributed by atoms with van der Waals surface area (Å²) < 4.78 is 5.58. The number of aliphatic hydroxyl groups excluding tert-OH is 5. The van der Waals surface area contributed by atoms with E-state index < -0.39 is 66.6 Å². The molecule has 1 saturated heterocycles. The van der Waals surface area contributed by atoms with Crippen LogP contribution in [0.2, 0.25) is 0 Å². The van der Waals surface area contributed by atoms with Gasteiger partial charge in [0.15, 0.2) is 0 Å². The van der Waals surface area contributed by atoms with Gasteiger partial charge in [0.1, 0.15) is 47.6 Å². The van der Waals surface area contributed by atoms with Gasteiger partial charge in [0.25, 0.3) is 0 Å². The Bertz CT molecular complexity index is 1040. The molecule has 0 spiro atoms. The molecule has 166 valence electrons. The molecule has 0 saturated carbocycles. The minimum atomic E-state index is -2.42. The average Bonchev–Trinajstić information content (AvgIpc) is 2.75. The average molecular weight is 434 g/mol. The van der Waals surface area contributed by atoms with Gasteiger partial charge in [-0.05, 0) is 23.8 Å². The maximum Gasteiger partial charge on any atom is 0.201 e. The van der Waals surface area contributed by atoms with Crippen molar-refractivity contribution in [2.75, 3.05) is 6.61 Å². The minimum Gasteiger partial charge on any atom is -0.507 e. The van der Waals surface area contributed by atoms with Crippen molar-refractivity contribution in [3.8, 4) is 11.5 Å². The zero-order valence-electron chi connectivity index (χ0n) is 16.1. The predicted molar refractivity (Wildman–Crippen MR) is 102 cm³/mol. The quantitative estimate of drug-likeness (QED) is 0.274. The lowest BCUT2D eigenvalue weighted by Gasteiger charge is -2.49. The molecule has 1 aliphatic carbocycles. The molecule has 0 unspecified atom stereocenters. The van der Waals surface area contributed by atoms with Gasteiger partial charge in [0, 0.05) is 11.1 Å². The van der Waals surface area contributed by atoms with Crippen molar-refractivity contribution in [3.05, 3.63) is 58.1 Å². The number of hydrogen-bond acceptors (Lipinski definition) is 10. The van der Waals surface area contributed by atoms with Crippen LogP contribution in [0.25, 0.3) is 0 Å². The first-order chi connectivity index (χ1) is 14.7. The standard InChI is InChI=1S/C21H22O10/c22-6-8-4-10-15(12(25)5-8)17(27)14-9(2-1-3-11(14)24)21(10,30)20-19(29)18(28)16(26)13(7-23)31-20/h1-5,13,16,18-20,22-26,28-30H,6-7H2/t13-,16-,18+,19-,20-,21-/m1/s1. The summed E-state index contributed by atoms with van der Waals surface area (Å²) in [6, 6.07) is 6.21. The molecular weight excluding hydrogens is 412 g/mol. The van der Waals surface area contributed by atoms with Gasteiger partial charge in [0.2, 0.25) is 5.78 Å². The Labute approximate surface area is 175 Å². The van der Waals surface area contributed by atoms with E-state index in [0.717, 1.165) is 6.07 Å². The second-order valence-corrected chi connectivity index (χ2v) is 7.74. The summed E-state index contributed by atoms with van der Waals surface area (Å²) in [6.45, 7) is -1.30. The van der Waals surface area contributed by atoms with Crippen LogP contribution in [0.5, 0.6) is 11.5 Å². The summed E-state index contributed by atoms with van der Waals surface area (Å²) in [4.78, 5) is 13.1. The molecule has 10 heteroatoms. The Hall–Kier alpha value is -2.57. The van der Waals surface area contributed by atoms with Crippen LogP contribution < -0.4 is 0 Å². The third kappa shape index (κ3) is 2.96. The van der Waals surface area contributed by atoms with Crippen LogP contribution in [0.4, 0.5) is 0 Å². The van der Waals surface area contributed by atoms with E-state index in [1.165, 1.54) is 24.3 Å². The molecule has 2 aromatic rings. The minimum absolute atomic E-state index is 0.135. The Morgan fingerprint density at radius 3 is 2.23 bits per heavy atom. The van der Waals surface area contributed by atoms with Gasteiger partial charge in [-0.3, -0.25) is 4.79 Å². The summed E-state index contributed by atoms with van der Waals surface area (Å²) in [5.41, 5.74) is -3.43. The highest BCUT2D eigenvalue weighted by Gasteiger charge is 2.57. The number of fused-ring (bicyclic) bond motifs is 2. The van der Waals surface area contributed by atoms with Crippen LogP contribution in [0, 0.1) is 0 Å². The number of benzene rings is 2. The highest BCUT2D eigenvalue weighted by Crippen LogP contribution is 2.50. The first kappa shape index (κ1) is 21.7. The number of phenolic OH excluding ortho intramolecular Hbond substituents is 2. The number of carbonyl (C=O) groups excluding carboxylic acids is 1. The topological polar surface area (TPSA) is 188 Å². The zero-order chi connectivity index (χ0) is 22.7. The molecule has 0 radical (unpaired) electrons. The molecule has 6 atom stereocenters. The maximum absolute atomic E-state index is 13.1. The SMILES string of the molecule is O=C1c2c(O)cccc2[C@](O)([C@@H]2O[C@H](CO)[C@@H](O)[C@H](O)[C@H]2O)c2cc(CO)cc(O)c21. The van der Waals surface area contributed by atoms with Crippen LogP contribution >= 0.6 is 0 Å². The van der Waals surface area contributed by atoms with Crippen molar-refractivity contribution in [3.63, 3.8) is 0 Å². The summed E-state index contributed by atoms with van der Waals surface area (Å²) in [7, 11) is 0. The van der Waals surface area contributed by atoms with Gasteiger partial charge >= 0.3 is 0 Å². The van der Waals surface area contributed by atoms with Crippen LogP contribution in [0.3, 0.4) is 0 Å². The summed E-state index contributed by atoms with van der Waals surface area (Å²) >= 11 is 0. The van der Waals surface area contributed by atoms with Crippen LogP contribution in [0.15, 0.2) is 30.3 Å². The molecule has 10 nitrogen and oxygen atoms in total. The number of aromatic hydroxyl groups is 2. The Balaban J connectivity index is 2.04. The summed E-state index contributed by atoms with van der Waals surface area (Å²) in [6.07, 6.45) is -8.49. The molecule has 8 N–H and O–H groups in total. The first-order valence-electron chi connectivity index (χ1n) is 9.54. The van der Waals surface area contributed by atoms with Crippen LogP contribution in [-0.4, -0.2) is 83.8 Å². The van der Waals surface area contributed by atoms with E-state index in [1.807, 2.05) is 0 Å². The molecule has 2 aliphatic rings. The fraction of sp³-hybridized carbons (Fsp3) is 0.381. The van der Waals surface area contributed by atoms with Crippen LogP contribution in [0.1, 0.15) is 32.6 Å². The molecule has 0 aromatic heterocycles. The number of ketones is 1. The van der Waals surface area contributed by atoms with Crippen molar-refractivity contribution in [1.29, 1.82) is 0 Å². The number of ether oxygens (including phenoxy) is 1. The van der Waals surface area contributed by atoms with Crippen molar-refractivity contribution in [2.45, 2.75) is 42.7 Å². The van der Waals surface area contributed by atoms with Crippen LogP contribution in [-0.2, 0) is 16.9 Å². The lowest BCUT2D eigenvalue weighted by Crippen LogP contribution is -2.65. The lowest BCUT2D eigenvalue weighted by molar-refractivity contribution is -0.265. The van der Waals surface area contributed by atoms with E-state index in [1.54, 1.807) is 0 Å². The normalized spacial score (nSPS) is 32.5. The number of hydrogen-bond donors (Lipinski definition) is 8. The van der Waals surface area contributed by atoms with Gasteiger partial charge < -0.3 is 45.6 Å². The van der Waals surface area contributed by atoms with Crippen molar-refractivity contribution >= 4 is 5.78 Å². The largest absolute Gasteiger partial charge is 0.507 e. The molecule has 0 bridgehead atoms. The first-order valence-corrected chi connectivity index (χ1v) is 9.54. The Kier molecular flexibility index (Phi) is 5.26. The molecule has 2 aromatic carbocycles. The molecule has 0 amide bonds. The maximum atomic E-state index is 13.1. The third-order valence-electron chi connectivity index (χ3n) is 5.98. The highest BCUT2D eigenvalue weighted by atomic mass is 16.6. The van der Waals surface area contributed by atoms with Crippen molar-refractivity contribution < 1.29 is 50.4 Å². The zero-order valence-corrected chi connectivity index (χ0v) is 16.1. The van der Waals surface area contributed by atoms with E-state index in [2.05, 4.69) is 0 Å². The van der Waals surface area contributed by atoms with E-state index in [0.29, 0.717) is 0 Å². The van der Waals surface area contributed by atoms with E-state index in [9.17, 15) is 45.6 Å². The Morgan fingerprint density at radius 2 is 1.58 bits per heavy atom. The Morgan fingerprint density at radius 1 is 0.903 bits per heavy atom. The van der Waals surface area contributed by atoms with E-state index in [-0.39, 0.29) is 27.8 Å². The van der Waals surface area contributed by atoms with Gasteiger partial charge in [-0.1, -0.05) is 12.1 Å².